The fourth-order valence-corrected chi connectivity index (χ4v) is 3.50. The van der Waals surface area contributed by atoms with Crippen LogP contribution in [0.3, 0.4) is 0 Å². The van der Waals surface area contributed by atoms with Gasteiger partial charge < -0.3 is 9.64 Å². The summed E-state index contributed by atoms with van der Waals surface area (Å²) in [6, 6.07) is 11.0. The Balaban J connectivity index is 1.49. The topological polar surface area (TPSA) is 41.5 Å². The van der Waals surface area contributed by atoms with Crippen LogP contribution in [0.2, 0.25) is 5.02 Å². The van der Waals surface area contributed by atoms with Crippen LogP contribution in [0.15, 0.2) is 42.7 Å². The lowest BCUT2D eigenvalue weighted by molar-refractivity contribution is -0.0499. The highest BCUT2D eigenvalue weighted by Crippen LogP contribution is 2.26. The van der Waals surface area contributed by atoms with Crippen LogP contribution in [0.5, 0.6) is 0 Å². The summed E-state index contributed by atoms with van der Waals surface area (Å²) in [6.07, 6.45) is 3.51. The summed E-state index contributed by atoms with van der Waals surface area (Å²) in [7, 11) is 0. The molecule has 23 heavy (non-hydrogen) atoms. The minimum Gasteiger partial charge on any atom is -0.373 e. The molecule has 1 aromatic carbocycles. The summed E-state index contributed by atoms with van der Waals surface area (Å²) in [5, 5.41) is 0.562. The fourth-order valence-electron chi connectivity index (χ4n) is 3.40. The normalized spacial score (nSPS) is 24.7. The SMILES string of the molecule is Clc1cnc(N2C[C@H]3OCCN(Cc4ccccc4)[C@H]3C2)nc1. The minimum atomic E-state index is 0.215. The van der Waals surface area contributed by atoms with E-state index < -0.39 is 0 Å². The molecule has 0 saturated carbocycles. The van der Waals surface area contributed by atoms with Crippen molar-refractivity contribution in [2.45, 2.75) is 18.7 Å². The van der Waals surface area contributed by atoms with Gasteiger partial charge in [0.1, 0.15) is 0 Å². The molecule has 0 aliphatic carbocycles. The van der Waals surface area contributed by atoms with E-state index in [0.717, 1.165) is 38.7 Å². The van der Waals surface area contributed by atoms with Gasteiger partial charge in [-0.15, -0.1) is 0 Å². The van der Waals surface area contributed by atoms with E-state index in [2.05, 4.69) is 50.1 Å². The molecule has 120 valence electrons. The van der Waals surface area contributed by atoms with E-state index in [0.29, 0.717) is 11.1 Å². The van der Waals surface area contributed by atoms with Crippen LogP contribution in [-0.4, -0.2) is 53.3 Å². The molecule has 2 aliphatic heterocycles. The van der Waals surface area contributed by atoms with Gasteiger partial charge in [-0.1, -0.05) is 41.9 Å². The van der Waals surface area contributed by atoms with Crippen molar-refractivity contribution in [1.82, 2.24) is 14.9 Å². The summed E-state index contributed by atoms with van der Waals surface area (Å²) >= 11 is 5.88. The van der Waals surface area contributed by atoms with Crippen molar-refractivity contribution in [2.75, 3.05) is 31.1 Å². The van der Waals surface area contributed by atoms with Crippen LogP contribution >= 0.6 is 11.6 Å². The van der Waals surface area contributed by atoms with Gasteiger partial charge in [0.05, 0.1) is 36.2 Å². The number of morpholine rings is 1. The van der Waals surface area contributed by atoms with E-state index in [1.807, 2.05) is 0 Å². The third-order valence-electron chi connectivity index (χ3n) is 4.53. The molecule has 6 heteroatoms. The molecular weight excluding hydrogens is 312 g/mol. The molecule has 1 aromatic heterocycles. The average molecular weight is 331 g/mol. The smallest absolute Gasteiger partial charge is 0.225 e. The molecule has 0 unspecified atom stereocenters. The van der Waals surface area contributed by atoms with E-state index in [-0.39, 0.29) is 6.10 Å². The summed E-state index contributed by atoms with van der Waals surface area (Å²) in [4.78, 5) is 13.4. The molecular formula is C17H19ClN4O. The first-order chi connectivity index (χ1) is 11.3. The second-order valence-electron chi connectivity index (χ2n) is 6.04. The van der Waals surface area contributed by atoms with Crippen molar-refractivity contribution < 1.29 is 4.74 Å². The van der Waals surface area contributed by atoms with Gasteiger partial charge in [-0.25, -0.2) is 9.97 Å². The van der Waals surface area contributed by atoms with Crippen LogP contribution in [0.25, 0.3) is 0 Å². The lowest BCUT2D eigenvalue weighted by Gasteiger charge is -2.36. The zero-order valence-corrected chi connectivity index (χ0v) is 13.6. The largest absolute Gasteiger partial charge is 0.373 e. The molecule has 2 atom stereocenters. The number of benzene rings is 1. The summed E-state index contributed by atoms with van der Waals surface area (Å²) in [6.45, 7) is 4.42. The Kier molecular flexibility index (Phi) is 4.16. The first-order valence-electron chi connectivity index (χ1n) is 7.92. The van der Waals surface area contributed by atoms with E-state index in [4.69, 9.17) is 16.3 Å². The zero-order valence-electron chi connectivity index (χ0n) is 12.8. The number of hydrogen-bond donors (Lipinski definition) is 0. The Bertz CT molecular complexity index is 651. The maximum atomic E-state index is 5.98. The minimum absolute atomic E-state index is 0.215. The molecule has 0 N–H and O–H groups in total. The Hall–Kier alpha value is -1.69. The maximum Gasteiger partial charge on any atom is 0.225 e. The molecule has 2 saturated heterocycles. The maximum absolute atomic E-state index is 5.98. The predicted molar refractivity (Wildman–Crippen MR) is 89.6 cm³/mol. The van der Waals surface area contributed by atoms with Gasteiger partial charge >= 0.3 is 0 Å². The van der Waals surface area contributed by atoms with Gasteiger partial charge in [-0.05, 0) is 5.56 Å². The predicted octanol–water partition coefficient (Wildman–Crippen LogP) is 2.22. The van der Waals surface area contributed by atoms with Crippen molar-refractivity contribution >= 4 is 17.5 Å². The summed E-state index contributed by atoms with van der Waals surface area (Å²) in [5.41, 5.74) is 1.34. The number of aromatic nitrogens is 2. The molecule has 5 nitrogen and oxygen atoms in total. The number of rotatable bonds is 3. The molecule has 0 bridgehead atoms. The lowest BCUT2D eigenvalue weighted by Crippen LogP contribution is -2.50. The van der Waals surface area contributed by atoms with Crippen LogP contribution < -0.4 is 4.90 Å². The van der Waals surface area contributed by atoms with Crippen molar-refractivity contribution in [3.8, 4) is 0 Å². The molecule has 0 amide bonds. The van der Waals surface area contributed by atoms with Crippen LogP contribution in [-0.2, 0) is 11.3 Å². The molecule has 2 aromatic rings. The van der Waals surface area contributed by atoms with Crippen molar-refractivity contribution in [1.29, 1.82) is 0 Å². The Labute approximate surface area is 140 Å². The number of ether oxygens (including phenoxy) is 1. The van der Waals surface area contributed by atoms with Crippen LogP contribution in [0.1, 0.15) is 5.56 Å². The number of halogens is 1. The molecule has 0 spiro atoms. The monoisotopic (exact) mass is 330 g/mol. The second kappa shape index (κ2) is 6.43. The van der Waals surface area contributed by atoms with Crippen LogP contribution in [0.4, 0.5) is 5.95 Å². The number of fused-ring (bicyclic) bond motifs is 1. The van der Waals surface area contributed by atoms with E-state index >= 15 is 0 Å². The fraction of sp³-hybridized carbons (Fsp3) is 0.412. The number of hydrogen-bond acceptors (Lipinski definition) is 5. The highest BCUT2D eigenvalue weighted by atomic mass is 35.5. The van der Waals surface area contributed by atoms with Gasteiger partial charge in [-0.2, -0.15) is 0 Å². The zero-order chi connectivity index (χ0) is 15.6. The summed E-state index contributed by atoms with van der Waals surface area (Å²) < 4.78 is 5.98. The second-order valence-corrected chi connectivity index (χ2v) is 6.48. The van der Waals surface area contributed by atoms with Gasteiger partial charge in [0.15, 0.2) is 0 Å². The molecule has 3 heterocycles. The van der Waals surface area contributed by atoms with Gasteiger partial charge in [-0.3, -0.25) is 4.90 Å². The Morgan fingerprint density at radius 1 is 1.13 bits per heavy atom. The quantitative estimate of drug-likeness (QED) is 0.863. The third kappa shape index (κ3) is 3.17. The highest BCUT2D eigenvalue weighted by molar-refractivity contribution is 6.30. The third-order valence-corrected chi connectivity index (χ3v) is 4.73. The Morgan fingerprint density at radius 3 is 2.70 bits per heavy atom. The van der Waals surface area contributed by atoms with Crippen molar-refractivity contribution in [3.05, 3.63) is 53.3 Å². The van der Waals surface area contributed by atoms with Crippen molar-refractivity contribution in [2.24, 2.45) is 0 Å². The van der Waals surface area contributed by atoms with E-state index in [1.54, 1.807) is 12.4 Å². The number of anilines is 1. The molecule has 2 fully saturated rings. The first kappa shape index (κ1) is 14.9. The standard InChI is InChI=1S/C17H19ClN4O/c18-14-8-19-17(20-9-14)22-11-15-16(12-22)23-7-6-21(15)10-13-4-2-1-3-5-13/h1-5,8-9,15-16H,6-7,10-12H2/t15-,16+/m0/s1. The molecule has 4 rings (SSSR count). The van der Waals surface area contributed by atoms with Crippen molar-refractivity contribution in [3.63, 3.8) is 0 Å². The van der Waals surface area contributed by atoms with Gasteiger partial charge in [0.25, 0.3) is 0 Å². The molecule has 2 aliphatic rings. The molecule has 0 radical (unpaired) electrons. The Morgan fingerprint density at radius 2 is 1.91 bits per heavy atom. The average Bonchev–Trinajstić information content (AvgIpc) is 3.02. The van der Waals surface area contributed by atoms with Gasteiger partial charge in [0.2, 0.25) is 5.95 Å². The van der Waals surface area contributed by atoms with E-state index in [9.17, 15) is 0 Å². The van der Waals surface area contributed by atoms with Gasteiger partial charge in [0, 0.05) is 26.2 Å². The number of nitrogens with zero attached hydrogens (tertiary/aromatic N) is 4. The summed E-state index contributed by atoms with van der Waals surface area (Å²) in [5.74, 6) is 0.729. The van der Waals surface area contributed by atoms with Crippen LogP contribution in [0, 0.1) is 0 Å². The highest BCUT2D eigenvalue weighted by Gasteiger charge is 2.40. The lowest BCUT2D eigenvalue weighted by atomic mass is 10.1. The first-order valence-corrected chi connectivity index (χ1v) is 8.29. The van der Waals surface area contributed by atoms with E-state index in [1.165, 1.54) is 5.56 Å².